The van der Waals surface area contributed by atoms with Gasteiger partial charge in [-0.3, -0.25) is 9.59 Å². The Bertz CT molecular complexity index is 809. The molecule has 2 amide bonds. The number of rotatable bonds is 3. The van der Waals surface area contributed by atoms with Gasteiger partial charge in [-0.2, -0.15) is 0 Å². The first-order valence-corrected chi connectivity index (χ1v) is 9.19. The van der Waals surface area contributed by atoms with Crippen LogP contribution in [0.2, 0.25) is 0 Å². The Labute approximate surface area is 154 Å². The lowest BCUT2D eigenvalue weighted by Crippen LogP contribution is -2.32. The number of likely N-dealkylation sites (tertiary alicyclic amines) is 1. The zero-order valence-corrected chi connectivity index (χ0v) is 15.4. The summed E-state index contributed by atoms with van der Waals surface area (Å²) >= 11 is 0. The van der Waals surface area contributed by atoms with E-state index in [0.29, 0.717) is 5.69 Å². The van der Waals surface area contributed by atoms with Crippen molar-refractivity contribution in [3.8, 4) is 0 Å². The van der Waals surface area contributed by atoms with Gasteiger partial charge in [-0.15, -0.1) is 0 Å². The first kappa shape index (κ1) is 18.1. The van der Waals surface area contributed by atoms with Crippen molar-refractivity contribution in [2.45, 2.75) is 39.5 Å². The van der Waals surface area contributed by atoms with Gasteiger partial charge in [0.2, 0.25) is 0 Å². The van der Waals surface area contributed by atoms with Crippen LogP contribution in [0.25, 0.3) is 0 Å². The highest BCUT2D eigenvalue weighted by molar-refractivity contribution is 6.04. The number of anilines is 1. The molecule has 1 aromatic carbocycles. The summed E-state index contributed by atoms with van der Waals surface area (Å²) in [6.07, 6.45) is 4.38. The van der Waals surface area contributed by atoms with Crippen LogP contribution in [0.1, 0.15) is 57.8 Å². The lowest BCUT2D eigenvalue weighted by molar-refractivity contribution is 0.0755. The zero-order valence-electron chi connectivity index (χ0n) is 15.4. The fraction of sp³-hybridized carbons (Fsp3) is 0.381. The molecule has 0 aliphatic carbocycles. The van der Waals surface area contributed by atoms with Gasteiger partial charge in [-0.1, -0.05) is 36.6 Å². The molecule has 136 valence electrons. The highest BCUT2D eigenvalue weighted by atomic mass is 16.2. The molecule has 0 unspecified atom stereocenters. The van der Waals surface area contributed by atoms with Gasteiger partial charge in [0.15, 0.2) is 0 Å². The van der Waals surface area contributed by atoms with E-state index in [4.69, 9.17) is 0 Å². The smallest absolute Gasteiger partial charge is 0.274 e. The molecule has 0 spiro atoms. The predicted octanol–water partition coefficient (Wildman–Crippen LogP) is 3.97. The first-order valence-electron chi connectivity index (χ1n) is 9.19. The van der Waals surface area contributed by atoms with Gasteiger partial charge >= 0.3 is 0 Å². The number of amides is 2. The maximum atomic E-state index is 12.7. The van der Waals surface area contributed by atoms with Crippen LogP contribution in [-0.4, -0.2) is 34.8 Å². The molecule has 26 heavy (non-hydrogen) atoms. The van der Waals surface area contributed by atoms with Crippen LogP contribution in [-0.2, 0) is 0 Å². The van der Waals surface area contributed by atoms with Gasteiger partial charge in [-0.05, 0) is 50.5 Å². The number of aryl methyl sites for hydroxylation is 2. The lowest BCUT2D eigenvalue weighted by Gasteiger charge is -2.19. The standard InChI is InChI=1S/C21H25N3O2/c1-15-10-11-17(16(2)14-15)23-20(25)18-8-7-9-19(22-18)21(26)24-12-5-3-4-6-13-24/h7-11,14H,3-6,12-13H2,1-2H3,(H,23,25). The summed E-state index contributed by atoms with van der Waals surface area (Å²) in [7, 11) is 0. The van der Waals surface area contributed by atoms with Crippen molar-refractivity contribution < 1.29 is 9.59 Å². The average Bonchev–Trinajstić information content (AvgIpc) is 2.93. The number of nitrogens with zero attached hydrogens (tertiary/aromatic N) is 2. The number of aromatic nitrogens is 1. The zero-order chi connectivity index (χ0) is 18.5. The van der Waals surface area contributed by atoms with E-state index in [1.165, 1.54) is 0 Å². The number of nitrogens with one attached hydrogen (secondary N) is 1. The van der Waals surface area contributed by atoms with E-state index >= 15 is 0 Å². The monoisotopic (exact) mass is 351 g/mol. The van der Waals surface area contributed by atoms with Crippen LogP contribution in [0.15, 0.2) is 36.4 Å². The first-order chi connectivity index (χ1) is 12.5. The van der Waals surface area contributed by atoms with Crippen LogP contribution >= 0.6 is 0 Å². The maximum absolute atomic E-state index is 12.7. The molecule has 3 rings (SSSR count). The molecule has 1 saturated heterocycles. The molecular weight excluding hydrogens is 326 g/mol. The Morgan fingerprint density at radius 3 is 2.35 bits per heavy atom. The van der Waals surface area contributed by atoms with E-state index in [9.17, 15) is 9.59 Å². The Kier molecular flexibility index (Phi) is 5.66. The van der Waals surface area contributed by atoms with Crippen molar-refractivity contribution in [2.24, 2.45) is 0 Å². The Balaban J connectivity index is 1.75. The second-order valence-electron chi connectivity index (χ2n) is 6.89. The quantitative estimate of drug-likeness (QED) is 0.910. The van der Waals surface area contributed by atoms with Crippen molar-refractivity contribution in [3.63, 3.8) is 0 Å². The number of pyridine rings is 1. The summed E-state index contributed by atoms with van der Waals surface area (Å²) in [5.74, 6) is -0.393. The second kappa shape index (κ2) is 8.13. The lowest BCUT2D eigenvalue weighted by atomic mass is 10.1. The van der Waals surface area contributed by atoms with Gasteiger partial charge < -0.3 is 10.2 Å². The van der Waals surface area contributed by atoms with Gasteiger partial charge in [-0.25, -0.2) is 4.98 Å². The normalized spacial score (nSPS) is 14.6. The molecule has 1 N–H and O–H groups in total. The fourth-order valence-electron chi connectivity index (χ4n) is 3.26. The molecule has 1 aromatic heterocycles. The van der Waals surface area contributed by atoms with Gasteiger partial charge in [0.05, 0.1) is 0 Å². The molecular formula is C21H25N3O2. The molecule has 0 bridgehead atoms. The molecule has 2 aromatic rings. The van der Waals surface area contributed by atoms with Crippen LogP contribution in [0, 0.1) is 13.8 Å². The number of carbonyl (C=O) groups excluding carboxylic acids is 2. The highest BCUT2D eigenvalue weighted by Gasteiger charge is 2.20. The number of hydrogen-bond donors (Lipinski definition) is 1. The molecule has 5 heteroatoms. The van der Waals surface area contributed by atoms with Crippen molar-refractivity contribution in [1.29, 1.82) is 0 Å². The topological polar surface area (TPSA) is 62.3 Å². The molecule has 2 heterocycles. The van der Waals surface area contributed by atoms with Gasteiger partial charge in [0.25, 0.3) is 11.8 Å². The predicted molar refractivity (Wildman–Crippen MR) is 102 cm³/mol. The Morgan fingerprint density at radius 2 is 1.65 bits per heavy atom. The van der Waals surface area contributed by atoms with E-state index in [1.54, 1.807) is 18.2 Å². The summed E-state index contributed by atoms with van der Waals surface area (Å²) < 4.78 is 0. The van der Waals surface area contributed by atoms with Crippen molar-refractivity contribution in [2.75, 3.05) is 18.4 Å². The molecule has 1 aliphatic rings. The van der Waals surface area contributed by atoms with Crippen LogP contribution in [0.5, 0.6) is 0 Å². The van der Waals surface area contributed by atoms with Crippen LogP contribution < -0.4 is 5.32 Å². The van der Waals surface area contributed by atoms with Crippen molar-refractivity contribution in [1.82, 2.24) is 9.88 Å². The molecule has 0 saturated carbocycles. The third kappa shape index (κ3) is 4.28. The molecule has 1 aliphatic heterocycles. The Hall–Kier alpha value is -2.69. The molecule has 0 atom stereocenters. The summed E-state index contributed by atoms with van der Waals surface area (Å²) in [5.41, 5.74) is 3.48. The molecule has 0 radical (unpaired) electrons. The SMILES string of the molecule is Cc1ccc(NC(=O)c2cccc(C(=O)N3CCCCCC3)n2)c(C)c1. The summed E-state index contributed by atoms with van der Waals surface area (Å²) in [6.45, 7) is 5.49. The third-order valence-electron chi connectivity index (χ3n) is 4.72. The fourth-order valence-corrected chi connectivity index (χ4v) is 3.26. The minimum absolute atomic E-state index is 0.0898. The van der Waals surface area contributed by atoms with Gasteiger partial charge in [0, 0.05) is 18.8 Å². The molecule has 5 nitrogen and oxygen atoms in total. The molecule has 1 fully saturated rings. The Morgan fingerprint density at radius 1 is 0.962 bits per heavy atom. The summed E-state index contributed by atoms with van der Waals surface area (Å²) in [6, 6.07) is 10.9. The maximum Gasteiger partial charge on any atom is 0.274 e. The van der Waals surface area contributed by atoms with E-state index in [1.807, 2.05) is 36.9 Å². The second-order valence-corrected chi connectivity index (χ2v) is 6.89. The largest absolute Gasteiger partial charge is 0.337 e. The number of hydrogen-bond acceptors (Lipinski definition) is 3. The minimum Gasteiger partial charge on any atom is -0.337 e. The van der Waals surface area contributed by atoms with E-state index in [0.717, 1.165) is 55.6 Å². The van der Waals surface area contributed by atoms with Crippen LogP contribution in [0.3, 0.4) is 0 Å². The highest BCUT2D eigenvalue weighted by Crippen LogP contribution is 2.17. The van der Waals surface area contributed by atoms with Crippen molar-refractivity contribution >= 4 is 17.5 Å². The van der Waals surface area contributed by atoms with Crippen molar-refractivity contribution in [3.05, 3.63) is 58.9 Å². The van der Waals surface area contributed by atoms with E-state index in [-0.39, 0.29) is 17.5 Å². The van der Waals surface area contributed by atoms with E-state index in [2.05, 4.69) is 10.3 Å². The van der Waals surface area contributed by atoms with E-state index < -0.39 is 0 Å². The third-order valence-corrected chi connectivity index (χ3v) is 4.72. The number of benzene rings is 1. The summed E-state index contributed by atoms with van der Waals surface area (Å²) in [4.78, 5) is 31.4. The summed E-state index contributed by atoms with van der Waals surface area (Å²) in [5, 5.41) is 2.88. The minimum atomic E-state index is -0.303. The van der Waals surface area contributed by atoms with Gasteiger partial charge in [0.1, 0.15) is 11.4 Å². The average molecular weight is 351 g/mol. The number of carbonyl (C=O) groups is 2. The van der Waals surface area contributed by atoms with Crippen LogP contribution in [0.4, 0.5) is 5.69 Å².